The molecule has 2 aliphatic rings. The molecule has 1 aliphatic carbocycles. The highest BCUT2D eigenvalue weighted by Gasteiger charge is 2.42. The Morgan fingerprint density at radius 2 is 2.17 bits per heavy atom. The van der Waals surface area contributed by atoms with E-state index in [4.69, 9.17) is 0 Å². The van der Waals surface area contributed by atoms with Crippen LogP contribution in [-0.4, -0.2) is 29.6 Å². The summed E-state index contributed by atoms with van der Waals surface area (Å²) in [5, 5.41) is 0. The Kier molecular flexibility index (Phi) is 1.63. The van der Waals surface area contributed by atoms with Gasteiger partial charge in [0.15, 0.2) is 0 Å². The number of likely N-dealkylation sites (tertiary alicyclic amines) is 1. The minimum absolute atomic E-state index is 0.146. The third-order valence-electron chi connectivity index (χ3n) is 2.55. The van der Waals surface area contributed by atoms with Crippen molar-refractivity contribution >= 4 is 5.91 Å². The normalized spacial score (nSPS) is 26.7. The summed E-state index contributed by atoms with van der Waals surface area (Å²) < 4.78 is 13.0. The maximum Gasteiger partial charge on any atom is 0.223 e. The maximum absolute atomic E-state index is 13.0. The molecule has 0 spiro atoms. The van der Waals surface area contributed by atoms with Crippen LogP contribution in [0.3, 0.4) is 0 Å². The molecule has 0 N–H and O–H groups in total. The Labute approximate surface area is 71.7 Å². The number of carbonyl (C=O) groups is 1. The summed E-state index contributed by atoms with van der Waals surface area (Å²) in [5.41, 5.74) is -1.11. The van der Waals surface area contributed by atoms with Gasteiger partial charge in [0.25, 0.3) is 0 Å². The third kappa shape index (κ3) is 1.59. The van der Waals surface area contributed by atoms with Crippen LogP contribution in [-0.2, 0) is 4.79 Å². The largest absolute Gasteiger partial charge is 0.336 e. The number of hydrogen-bond acceptors (Lipinski definition) is 1. The predicted octanol–water partition coefficient (Wildman–Crippen LogP) is 1.36. The van der Waals surface area contributed by atoms with Crippen LogP contribution in [0.2, 0.25) is 0 Å². The van der Waals surface area contributed by atoms with E-state index in [1.807, 2.05) is 0 Å². The number of amides is 1. The second-order valence-corrected chi connectivity index (χ2v) is 4.31. The van der Waals surface area contributed by atoms with Gasteiger partial charge in [-0.1, -0.05) is 0 Å². The first kappa shape index (κ1) is 8.02. The molecule has 0 bridgehead atoms. The molecule has 12 heavy (non-hydrogen) atoms. The van der Waals surface area contributed by atoms with E-state index < -0.39 is 5.67 Å². The summed E-state index contributed by atoms with van der Waals surface area (Å²) in [6.45, 7) is 2.16. The molecule has 2 nitrogen and oxygen atoms in total. The first-order valence-corrected chi connectivity index (χ1v) is 4.53. The molecule has 0 unspecified atom stereocenters. The van der Waals surface area contributed by atoms with Crippen molar-refractivity contribution < 1.29 is 9.18 Å². The van der Waals surface area contributed by atoms with Gasteiger partial charge in [-0.25, -0.2) is 4.39 Å². The number of rotatable bonds is 2. The van der Waals surface area contributed by atoms with Crippen molar-refractivity contribution in [2.24, 2.45) is 5.92 Å². The van der Waals surface area contributed by atoms with Crippen LogP contribution in [0.25, 0.3) is 0 Å². The number of alkyl halides is 1. The lowest BCUT2D eigenvalue weighted by atomic mass is 9.98. The Morgan fingerprint density at radius 3 is 2.58 bits per heavy atom. The summed E-state index contributed by atoms with van der Waals surface area (Å²) in [7, 11) is 0. The highest BCUT2D eigenvalue weighted by atomic mass is 19.1. The molecule has 1 saturated carbocycles. The standard InChI is InChI=1S/C9H14FNO/c1-9(10)5-11(6-9)8(12)4-7-2-3-7/h7H,2-6H2,1H3. The van der Waals surface area contributed by atoms with Gasteiger partial charge >= 0.3 is 0 Å². The summed E-state index contributed by atoms with van der Waals surface area (Å²) in [5.74, 6) is 0.761. The average molecular weight is 171 g/mol. The molecule has 2 fully saturated rings. The van der Waals surface area contributed by atoms with Gasteiger partial charge < -0.3 is 4.90 Å². The van der Waals surface area contributed by atoms with Gasteiger partial charge in [0.05, 0.1) is 13.1 Å². The summed E-state index contributed by atoms with van der Waals surface area (Å²) in [6, 6.07) is 0. The van der Waals surface area contributed by atoms with Gasteiger partial charge in [-0.3, -0.25) is 4.79 Å². The first-order valence-electron chi connectivity index (χ1n) is 4.53. The van der Waals surface area contributed by atoms with Crippen molar-refractivity contribution in [3.63, 3.8) is 0 Å². The number of carbonyl (C=O) groups excluding carboxylic acids is 1. The number of halogens is 1. The minimum atomic E-state index is -1.11. The molecule has 0 atom stereocenters. The van der Waals surface area contributed by atoms with E-state index in [1.54, 1.807) is 11.8 Å². The zero-order valence-corrected chi connectivity index (χ0v) is 7.35. The van der Waals surface area contributed by atoms with Gasteiger partial charge in [-0.05, 0) is 25.7 Å². The number of hydrogen-bond donors (Lipinski definition) is 0. The third-order valence-corrected chi connectivity index (χ3v) is 2.55. The van der Waals surface area contributed by atoms with Gasteiger partial charge in [0.2, 0.25) is 5.91 Å². The monoisotopic (exact) mass is 171 g/mol. The fourth-order valence-corrected chi connectivity index (χ4v) is 1.62. The van der Waals surface area contributed by atoms with E-state index in [1.165, 1.54) is 12.8 Å². The highest BCUT2D eigenvalue weighted by Crippen LogP contribution is 2.34. The van der Waals surface area contributed by atoms with Crippen LogP contribution in [0.1, 0.15) is 26.2 Å². The smallest absolute Gasteiger partial charge is 0.223 e. The van der Waals surface area contributed by atoms with E-state index in [-0.39, 0.29) is 5.91 Å². The van der Waals surface area contributed by atoms with E-state index in [0.29, 0.717) is 25.4 Å². The van der Waals surface area contributed by atoms with E-state index in [2.05, 4.69) is 0 Å². The second-order valence-electron chi connectivity index (χ2n) is 4.31. The lowest BCUT2D eigenvalue weighted by molar-refractivity contribution is -0.144. The van der Waals surface area contributed by atoms with Crippen molar-refractivity contribution in [2.45, 2.75) is 31.9 Å². The van der Waals surface area contributed by atoms with Gasteiger partial charge in [0.1, 0.15) is 5.67 Å². The molecule has 2 rings (SSSR count). The molecule has 0 aromatic heterocycles. The van der Waals surface area contributed by atoms with Crippen molar-refractivity contribution in [1.82, 2.24) is 4.90 Å². The molecular weight excluding hydrogens is 157 g/mol. The number of nitrogens with zero attached hydrogens (tertiary/aromatic N) is 1. The molecule has 1 amide bonds. The van der Waals surface area contributed by atoms with Gasteiger partial charge in [-0.15, -0.1) is 0 Å². The van der Waals surface area contributed by atoms with Crippen molar-refractivity contribution in [3.05, 3.63) is 0 Å². The molecule has 1 heterocycles. The van der Waals surface area contributed by atoms with E-state index >= 15 is 0 Å². The Balaban J connectivity index is 1.75. The molecular formula is C9H14FNO. The summed E-state index contributed by atoms with van der Waals surface area (Å²) in [4.78, 5) is 12.9. The first-order chi connectivity index (χ1) is 5.57. The van der Waals surface area contributed by atoms with Crippen LogP contribution in [0.5, 0.6) is 0 Å². The lowest BCUT2D eigenvalue weighted by Gasteiger charge is -2.42. The molecule has 1 aliphatic heterocycles. The van der Waals surface area contributed by atoms with Gasteiger partial charge in [0, 0.05) is 6.42 Å². The van der Waals surface area contributed by atoms with E-state index in [0.717, 1.165) is 0 Å². The Hall–Kier alpha value is -0.600. The quantitative estimate of drug-likeness (QED) is 0.614. The Morgan fingerprint density at radius 1 is 1.58 bits per heavy atom. The van der Waals surface area contributed by atoms with Crippen LogP contribution in [0, 0.1) is 5.92 Å². The van der Waals surface area contributed by atoms with Crippen molar-refractivity contribution in [1.29, 1.82) is 0 Å². The summed E-state index contributed by atoms with van der Waals surface area (Å²) in [6.07, 6.45) is 3.02. The fraction of sp³-hybridized carbons (Fsp3) is 0.889. The van der Waals surface area contributed by atoms with Gasteiger partial charge in [-0.2, -0.15) is 0 Å². The van der Waals surface area contributed by atoms with Crippen LogP contribution >= 0.6 is 0 Å². The Bertz CT molecular complexity index is 203. The van der Waals surface area contributed by atoms with E-state index in [9.17, 15) is 9.18 Å². The van der Waals surface area contributed by atoms with Crippen LogP contribution in [0.15, 0.2) is 0 Å². The molecule has 3 heteroatoms. The van der Waals surface area contributed by atoms with Crippen molar-refractivity contribution in [3.8, 4) is 0 Å². The highest BCUT2D eigenvalue weighted by molar-refractivity contribution is 5.77. The molecule has 1 saturated heterocycles. The predicted molar refractivity (Wildman–Crippen MR) is 43.4 cm³/mol. The molecule has 0 aromatic carbocycles. The zero-order valence-electron chi connectivity index (χ0n) is 7.35. The zero-order chi connectivity index (χ0) is 8.77. The fourth-order valence-electron chi connectivity index (χ4n) is 1.62. The second kappa shape index (κ2) is 2.44. The molecule has 0 radical (unpaired) electrons. The van der Waals surface area contributed by atoms with Crippen LogP contribution < -0.4 is 0 Å². The van der Waals surface area contributed by atoms with Crippen molar-refractivity contribution in [2.75, 3.05) is 13.1 Å². The SMILES string of the molecule is CC1(F)CN(C(=O)CC2CC2)C1. The summed E-state index contributed by atoms with van der Waals surface area (Å²) >= 11 is 0. The van der Waals surface area contributed by atoms with Crippen LogP contribution in [0.4, 0.5) is 4.39 Å². The molecule has 0 aromatic rings. The average Bonchev–Trinajstić information content (AvgIpc) is 2.66. The minimum Gasteiger partial charge on any atom is -0.336 e. The maximum atomic E-state index is 13.0. The topological polar surface area (TPSA) is 20.3 Å². The molecule has 68 valence electrons. The lowest BCUT2D eigenvalue weighted by Crippen LogP contribution is -2.59.